The van der Waals surface area contributed by atoms with E-state index in [1.165, 1.54) is 0 Å². The number of esters is 2. The number of fused-ring (bicyclic) bond motifs is 1. The van der Waals surface area contributed by atoms with Crippen LogP contribution in [0.5, 0.6) is 0 Å². The third kappa shape index (κ3) is 2.64. The number of hydrogen-bond acceptors (Lipinski definition) is 4. The summed E-state index contributed by atoms with van der Waals surface area (Å²) in [5.41, 5.74) is 0.507. The Labute approximate surface area is 117 Å². The van der Waals surface area contributed by atoms with Gasteiger partial charge in [-0.15, -0.1) is 0 Å². The van der Waals surface area contributed by atoms with Gasteiger partial charge in [0.15, 0.2) is 0 Å². The van der Waals surface area contributed by atoms with E-state index in [4.69, 9.17) is 9.47 Å². The number of carbonyl (C=O) groups is 2. The van der Waals surface area contributed by atoms with Gasteiger partial charge in [-0.3, -0.25) is 0 Å². The first kappa shape index (κ1) is 14.1. The maximum absolute atomic E-state index is 12.2. The molecular formula is C16H16O4. The minimum atomic E-state index is -0.513. The molecule has 0 atom stereocenters. The second kappa shape index (κ2) is 6.19. The van der Waals surface area contributed by atoms with Crippen molar-refractivity contribution in [1.82, 2.24) is 0 Å². The van der Waals surface area contributed by atoms with Gasteiger partial charge < -0.3 is 9.47 Å². The molecule has 4 nitrogen and oxygen atoms in total. The van der Waals surface area contributed by atoms with Crippen LogP contribution < -0.4 is 0 Å². The summed E-state index contributed by atoms with van der Waals surface area (Å²) in [6.45, 7) is 3.97. The molecule has 0 saturated carbocycles. The molecule has 2 aromatic carbocycles. The predicted octanol–water partition coefficient (Wildman–Crippen LogP) is 3.19. The summed E-state index contributed by atoms with van der Waals surface area (Å²) in [5, 5.41) is 1.57. The van der Waals surface area contributed by atoms with Gasteiger partial charge in [-0.25, -0.2) is 9.59 Å². The summed E-state index contributed by atoms with van der Waals surface area (Å²) in [5.74, 6) is -1.02. The van der Waals surface area contributed by atoms with Gasteiger partial charge in [0.25, 0.3) is 0 Å². The fraction of sp³-hybridized carbons (Fsp3) is 0.250. The van der Waals surface area contributed by atoms with Crippen LogP contribution in [0.25, 0.3) is 10.8 Å². The van der Waals surface area contributed by atoms with Gasteiger partial charge >= 0.3 is 11.9 Å². The molecule has 4 heteroatoms. The lowest BCUT2D eigenvalue weighted by Gasteiger charge is -2.11. The average molecular weight is 272 g/mol. The van der Waals surface area contributed by atoms with Crippen LogP contribution in [-0.2, 0) is 9.47 Å². The minimum Gasteiger partial charge on any atom is -0.462 e. The second-order valence-electron chi connectivity index (χ2n) is 4.15. The average Bonchev–Trinajstić information content (AvgIpc) is 2.46. The van der Waals surface area contributed by atoms with Crippen molar-refractivity contribution >= 4 is 22.7 Å². The summed E-state index contributed by atoms with van der Waals surface area (Å²) >= 11 is 0. The summed E-state index contributed by atoms with van der Waals surface area (Å²) in [4.78, 5) is 24.1. The summed E-state index contributed by atoms with van der Waals surface area (Å²) in [6.07, 6.45) is 0. The van der Waals surface area contributed by atoms with E-state index in [1.54, 1.807) is 32.0 Å². The number of hydrogen-bond donors (Lipinski definition) is 0. The molecule has 104 valence electrons. The summed E-state index contributed by atoms with van der Waals surface area (Å²) in [6, 6.07) is 10.8. The van der Waals surface area contributed by atoms with Crippen LogP contribution in [0.2, 0.25) is 0 Å². The van der Waals surface area contributed by atoms with E-state index in [9.17, 15) is 9.59 Å². The number of ether oxygens (including phenoxy) is 2. The van der Waals surface area contributed by atoms with Gasteiger partial charge in [0.05, 0.1) is 24.3 Å². The zero-order chi connectivity index (χ0) is 14.5. The van der Waals surface area contributed by atoms with Gasteiger partial charge in [-0.2, -0.15) is 0 Å². The number of carbonyl (C=O) groups excluding carboxylic acids is 2. The first-order chi connectivity index (χ1) is 9.69. The lowest BCUT2D eigenvalue weighted by atomic mass is 9.99. The van der Waals surface area contributed by atoms with Crippen LogP contribution in [0, 0.1) is 0 Å². The van der Waals surface area contributed by atoms with Crippen molar-refractivity contribution in [2.45, 2.75) is 13.8 Å². The molecule has 0 aromatic heterocycles. The standard InChI is InChI=1S/C16H16O4/c1-3-19-15(17)13-10-9-11-7-5-6-8-12(11)14(13)16(18)20-4-2/h5-10H,3-4H2,1-2H3. The van der Waals surface area contributed by atoms with Crippen LogP contribution in [-0.4, -0.2) is 25.2 Å². The largest absolute Gasteiger partial charge is 0.462 e. The van der Waals surface area contributed by atoms with E-state index in [-0.39, 0.29) is 24.3 Å². The first-order valence-electron chi connectivity index (χ1n) is 6.55. The fourth-order valence-corrected chi connectivity index (χ4v) is 2.07. The van der Waals surface area contributed by atoms with E-state index >= 15 is 0 Å². The third-order valence-electron chi connectivity index (χ3n) is 2.90. The van der Waals surface area contributed by atoms with Crippen LogP contribution in [0.15, 0.2) is 36.4 Å². The highest BCUT2D eigenvalue weighted by Crippen LogP contribution is 2.24. The molecule has 0 aliphatic carbocycles. The molecule has 0 heterocycles. The van der Waals surface area contributed by atoms with E-state index in [0.29, 0.717) is 5.39 Å². The van der Waals surface area contributed by atoms with Crippen molar-refractivity contribution in [2.24, 2.45) is 0 Å². The zero-order valence-corrected chi connectivity index (χ0v) is 11.5. The second-order valence-corrected chi connectivity index (χ2v) is 4.15. The summed E-state index contributed by atoms with van der Waals surface area (Å²) in [7, 11) is 0. The summed E-state index contributed by atoms with van der Waals surface area (Å²) < 4.78 is 10.1. The molecule has 0 spiro atoms. The highest BCUT2D eigenvalue weighted by molar-refractivity contribution is 6.12. The molecule has 0 amide bonds. The maximum atomic E-state index is 12.2. The molecular weight excluding hydrogens is 256 g/mol. The van der Waals surface area contributed by atoms with Crippen molar-refractivity contribution in [2.75, 3.05) is 13.2 Å². The van der Waals surface area contributed by atoms with Gasteiger partial charge in [-0.1, -0.05) is 30.3 Å². The monoisotopic (exact) mass is 272 g/mol. The molecule has 0 aliphatic heterocycles. The van der Waals surface area contributed by atoms with Gasteiger partial charge in [0, 0.05) is 0 Å². The zero-order valence-electron chi connectivity index (χ0n) is 11.5. The Hall–Kier alpha value is -2.36. The van der Waals surface area contributed by atoms with Gasteiger partial charge in [-0.05, 0) is 30.7 Å². The Morgan fingerprint density at radius 3 is 2.25 bits per heavy atom. The van der Waals surface area contributed by atoms with E-state index in [2.05, 4.69) is 0 Å². The molecule has 0 bridgehead atoms. The molecule has 0 saturated heterocycles. The molecule has 0 aliphatic rings. The van der Waals surface area contributed by atoms with Crippen molar-refractivity contribution in [3.63, 3.8) is 0 Å². The highest BCUT2D eigenvalue weighted by atomic mass is 16.5. The Morgan fingerprint density at radius 2 is 1.55 bits per heavy atom. The number of benzene rings is 2. The molecule has 20 heavy (non-hydrogen) atoms. The van der Waals surface area contributed by atoms with E-state index in [1.807, 2.05) is 18.2 Å². The Morgan fingerprint density at radius 1 is 0.900 bits per heavy atom. The Kier molecular flexibility index (Phi) is 4.35. The van der Waals surface area contributed by atoms with Crippen LogP contribution in [0.3, 0.4) is 0 Å². The number of rotatable bonds is 4. The molecule has 0 N–H and O–H groups in total. The minimum absolute atomic E-state index is 0.240. The Balaban J connectivity index is 2.64. The smallest absolute Gasteiger partial charge is 0.339 e. The lowest BCUT2D eigenvalue weighted by Crippen LogP contribution is -2.14. The van der Waals surface area contributed by atoms with E-state index < -0.39 is 11.9 Å². The quantitative estimate of drug-likeness (QED) is 0.802. The van der Waals surface area contributed by atoms with E-state index in [0.717, 1.165) is 5.39 Å². The third-order valence-corrected chi connectivity index (χ3v) is 2.90. The SMILES string of the molecule is CCOC(=O)c1ccc2ccccc2c1C(=O)OCC. The van der Waals surface area contributed by atoms with Gasteiger partial charge in [0.2, 0.25) is 0 Å². The highest BCUT2D eigenvalue weighted by Gasteiger charge is 2.21. The van der Waals surface area contributed by atoms with Gasteiger partial charge in [0.1, 0.15) is 0 Å². The fourth-order valence-electron chi connectivity index (χ4n) is 2.07. The van der Waals surface area contributed by atoms with Crippen molar-refractivity contribution in [3.05, 3.63) is 47.5 Å². The van der Waals surface area contributed by atoms with Crippen molar-refractivity contribution in [1.29, 1.82) is 0 Å². The topological polar surface area (TPSA) is 52.6 Å². The first-order valence-corrected chi connectivity index (χ1v) is 6.55. The van der Waals surface area contributed by atoms with Crippen molar-refractivity contribution in [3.8, 4) is 0 Å². The molecule has 0 radical (unpaired) electrons. The molecule has 0 unspecified atom stereocenters. The Bertz CT molecular complexity index is 646. The maximum Gasteiger partial charge on any atom is 0.339 e. The molecule has 0 fully saturated rings. The lowest BCUT2D eigenvalue weighted by molar-refractivity contribution is 0.0481. The van der Waals surface area contributed by atoms with Crippen LogP contribution in [0.4, 0.5) is 0 Å². The normalized spacial score (nSPS) is 10.3. The van der Waals surface area contributed by atoms with Crippen LogP contribution >= 0.6 is 0 Å². The molecule has 2 aromatic rings. The predicted molar refractivity (Wildman–Crippen MR) is 75.9 cm³/mol. The van der Waals surface area contributed by atoms with Crippen molar-refractivity contribution < 1.29 is 19.1 Å². The molecule has 2 rings (SSSR count). The van der Waals surface area contributed by atoms with Crippen LogP contribution in [0.1, 0.15) is 34.6 Å².